The SMILES string of the molecule is C=CC(=O)OCC(C)(C)Oc1ccc(C(=O)OCCc2ccc(OC(=O)c3ccc(OCC(C)(C)OC(=O)C=C)c(OCC(C)(C)OC(=O)C=C)c3)c(/C=N/Nc3nc4ccc(Cl)cc4s3)c2)cc1. The minimum Gasteiger partial charge on any atom is -0.486 e. The minimum absolute atomic E-state index is 0.00896. The molecule has 69 heavy (non-hydrogen) atoms. The molecule has 0 amide bonds. The molecule has 0 bridgehead atoms. The van der Waals surface area contributed by atoms with E-state index in [1.165, 1.54) is 35.8 Å². The lowest BCUT2D eigenvalue weighted by atomic mass is 10.1. The van der Waals surface area contributed by atoms with E-state index in [4.69, 9.17) is 49.5 Å². The van der Waals surface area contributed by atoms with Crippen molar-refractivity contribution in [3.05, 3.63) is 144 Å². The first-order valence-electron chi connectivity index (χ1n) is 21.2. The summed E-state index contributed by atoms with van der Waals surface area (Å²) in [6.45, 7) is 20.1. The van der Waals surface area contributed by atoms with Crippen molar-refractivity contribution in [3.63, 3.8) is 0 Å². The molecule has 5 rings (SSSR count). The second-order valence-corrected chi connectivity index (χ2v) is 18.3. The van der Waals surface area contributed by atoms with Gasteiger partial charge in [0.2, 0.25) is 5.13 Å². The number of carbonyl (C=O) groups is 5. The number of hydrogen-bond acceptors (Lipinski definition) is 17. The molecule has 0 aliphatic carbocycles. The van der Waals surface area contributed by atoms with Crippen LogP contribution in [0, 0.1) is 0 Å². The van der Waals surface area contributed by atoms with E-state index in [-0.39, 0.29) is 55.7 Å². The van der Waals surface area contributed by atoms with E-state index in [0.29, 0.717) is 27.0 Å². The molecule has 1 aromatic heterocycles. The van der Waals surface area contributed by atoms with Gasteiger partial charge in [-0.1, -0.05) is 48.7 Å². The quantitative estimate of drug-likeness (QED) is 0.0153. The first-order chi connectivity index (χ1) is 32.7. The second kappa shape index (κ2) is 23.5. The average Bonchev–Trinajstić information content (AvgIpc) is 3.71. The van der Waals surface area contributed by atoms with Crippen LogP contribution >= 0.6 is 22.9 Å². The molecule has 0 fully saturated rings. The largest absolute Gasteiger partial charge is 0.486 e. The lowest BCUT2D eigenvalue weighted by molar-refractivity contribution is -0.154. The number of halogens is 1. The summed E-state index contributed by atoms with van der Waals surface area (Å²) in [6, 6.07) is 21.1. The fourth-order valence-corrected chi connectivity index (χ4v) is 7.01. The molecule has 18 heteroatoms. The topological polar surface area (TPSA) is 196 Å². The summed E-state index contributed by atoms with van der Waals surface area (Å²) in [4.78, 5) is 66.9. The number of benzene rings is 4. The van der Waals surface area contributed by atoms with Gasteiger partial charge in [-0.25, -0.2) is 29.0 Å². The number of thiazole rings is 1. The van der Waals surface area contributed by atoms with Crippen molar-refractivity contribution in [1.82, 2.24) is 4.98 Å². The number of nitrogens with zero attached hydrogens (tertiary/aromatic N) is 2. The lowest BCUT2D eigenvalue weighted by Crippen LogP contribution is -2.35. The van der Waals surface area contributed by atoms with Crippen LogP contribution in [0.4, 0.5) is 5.13 Å². The number of hydrazone groups is 1. The van der Waals surface area contributed by atoms with E-state index in [1.54, 1.807) is 102 Å². The highest BCUT2D eigenvalue weighted by Crippen LogP contribution is 2.33. The van der Waals surface area contributed by atoms with Gasteiger partial charge in [0.1, 0.15) is 48.1 Å². The third-order valence-corrected chi connectivity index (χ3v) is 10.4. The average molecular weight is 983 g/mol. The Morgan fingerprint density at radius 1 is 0.681 bits per heavy atom. The standard InChI is InChI=1S/C51H52ClN3O13S/c1-10-43(56)64-31-49(4,5)66-37-18-14-33(15-19-37)46(59)61-24-23-32-13-21-39(35(25-32)28-53-55-48-54-38-20-17-36(52)27-42(38)69-48)65-47(60)34-16-22-40(62-29-50(6,7)67-44(57)11-2)41(26-34)63-30-51(8,9)68-45(58)12-3/h10-22,25-28H,1-3,23-24,29-31H2,4-9H3,(H,54,55)/b53-28+. The van der Waals surface area contributed by atoms with Crippen molar-refractivity contribution < 1.29 is 61.9 Å². The van der Waals surface area contributed by atoms with Crippen LogP contribution in [0.25, 0.3) is 10.2 Å². The van der Waals surface area contributed by atoms with E-state index in [0.717, 1.165) is 34.0 Å². The maximum absolute atomic E-state index is 13.9. The Bertz CT molecular complexity index is 2740. The van der Waals surface area contributed by atoms with E-state index in [9.17, 15) is 24.0 Å². The highest BCUT2D eigenvalue weighted by Gasteiger charge is 2.27. The van der Waals surface area contributed by atoms with Gasteiger partial charge in [-0.2, -0.15) is 5.10 Å². The highest BCUT2D eigenvalue weighted by atomic mass is 35.5. The van der Waals surface area contributed by atoms with Crippen LogP contribution < -0.4 is 24.4 Å². The number of carbonyl (C=O) groups excluding carboxylic acids is 5. The lowest BCUT2D eigenvalue weighted by Gasteiger charge is -2.27. The maximum atomic E-state index is 13.9. The number of fused-ring (bicyclic) bond motifs is 1. The summed E-state index contributed by atoms with van der Waals surface area (Å²) in [5.41, 5.74) is 2.09. The van der Waals surface area contributed by atoms with Crippen LogP contribution in [-0.2, 0) is 39.8 Å². The molecule has 1 heterocycles. The van der Waals surface area contributed by atoms with Gasteiger partial charge in [0, 0.05) is 35.2 Å². The minimum atomic E-state index is -1.12. The molecule has 1 N–H and O–H groups in total. The summed E-state index contributed by atoms with van der Waals surface area (Å²) in [5.74, 6) is -2.30. The molecule has 0 aliphatic heterocycles. The molecule has 4 aromatic carbocycles. The van der Waals surface area contributed by atoms with Gasteiger partial charge < -0.3 is 37.9 Å². The first-order valence-corrected chi connectivity index (χ1v) is 22.4. The Morgan fingerprint density at radius 3 is 1.96 bits per heavy atom. The molecule has 16 nitrogen and oxygen atoms in total. The molecule has 0 aliphatic rings. The molecule has 0 saturated carbocycles. The van der Waals surface area contributed by atoms with Crippen LogP contribution in [-0.4, -0.2) is 84.3 Å². The van der Waals surface area contributed by atoms with E-state index >= 15 is 0 Å². The fourth-order valence-electron chi connectivity index (χ4n) is 5.92. The third-order valence-electron chi connectivity index (χ3n) is 9.24. The molecule has 0 unspecified atom stereocenters. The predicted molar refractivity (Wildman–Crippen MR) is 262 cm³/mol. The van der Waals surface area contributed by atoms with E-state index in [2.05, 4.69) is 35.2 Å². The molecule has 0 saturated heterocycles. The summed E-state index contributed by atoms with van der Waals surface area (Å²) in [7, 11) is 0. The zero-order valence-corrected chi connectivity index (χ0v) is 40.5. The first kappa shape index (κ1) is 52.5. The van der Waals surface area contributed by atoms with E-state index < -0.39 is 46.6 Å². The van der Waals surface area contributed by atoms with Crippen molar-refractivity contribution >= 4 is 74.3 Å². The zero-order valence-electron chi connectivity index (χ0n) is 39.0. The molecular formula is C51H52ClN3O13S. The van der Waals surface area contributed by atoms with Crippen LogP contribution in [0.3, 0.4) is 0 Å². The van der Waals surface area contributed by atoms with Crippen molar-refractivity contribution in [2.75, 3.05) is 31.9 Å². The summed E-state index contributed by atoms with van der Waals surface area (Å²) < 4.78 is 46.3. The predicted octanol–water partition coefficient (Wildman–Crippen LogP) is 9.67. The summed E-state index contributed by atoms with van der Waals surface area (Å²) in [6.07, 6.45) is 4.89. The Hall–Kier alpha value is -7.50. The monoisotopic (exact) mass is 981 g/mol. The number of anilines is 1. The number of esters is 5. The van der Waals surface area contributed by atoms with Crippen LogP contribution in [0.5, 0.6) is 23.0 Å². The Morgan fingerprint density at radius 2 is 1.30 bits per heavy atom. The number of aromatic nitrogens is 1. The van der Waals surface area contributed by atoms with Crippen LogP contribution in [0.1, 0.15) is 73.4 Å². The van der Waals surface area contributed by atoms with Gasteiger partial charge in [-0.3, -0.25) is 5.43 Å². The molecule has 0 atom stereocenters. The van der Waals surface area contributed by atoms with Crippen molar-refractivity contribution in [2.45, 2.75) is 64.8 Å². The molecule has 0 spiro atoms. The zero-order chi connectivity index (χ0) is 50.4. The third kappa shape index (κ3) is 16.4. The highest BCUT2D eigenvalue weighted by molar-refractivity contribution is 7.22. The molecule has 362 valence electrons. The van der Waals surface area contributed by atoms with Gasteiger partial charge in [-0.05, 0) is 120 Å². The fraction of sp³-hybridized carbons (Fsp3) is 0.275. The smallest absolute Gasteiger partial charge is 0.343 e. The van der Waals surface area contributed by atoms with Gasteiger partial charge in [0.15, 0.2) is 11.5 Å². The van der Waals surface area contributed by atoms with Crippen LogP contribution in [0.2, 0.25) is 5.02 Å². The Kier molecular flexibility index (Phi) is 17.9. The van der Waals surface area contributed by atoms with Crippen LogP contribution in [0.15, 0.2) is 122 Å². The second-order valence-electron chi connectivity index (χ2n) is 16.9. The van der Waals surface area contributed by atoms with Gasteiger partial charge in [-0.15, -0.1) is 0 Å². The number of rotatable bonds is 24. The van der Waals surface area contributed by atoms with Crippen molar-refractivity contribution in [1.29, 1.82) is 0 Å². The van der Waals surface area contributed by atoms with Gasteiger partial charge >= 0.3 is 29.8 Å². The summed E-state index contributed by atoms with van der Waals surface area (Å²) >= 11 is 7.52. The number of ether oxygens (including phenoxy) is 8. The normalized spacial score (nSPS) is 11.5. The van der Waals surface area contributed by atoms with Gasteiger partial charge in [0.25, 0.3) is 0 Å². The molecule has 5 aromatic rings. The number of hydrogen-bond donors (Lipinski definition) is 1. The van der Waals surface area contributed by atoms with E-state index in [1.807, 2.05) is 0 Å². The Labute approximate surface area is 408 Å². The maximum Gasteiger partial charge on any atom is 0.343 e. The summed E-state index contributed by atoms with van der Waals surface area (Å²) in [5, 5.41) is 5.44. The molecule has 0 radical (unpaired) electrons. The molecular weight excluding hydrogens is 930 g/mol. The number of nitrogens with one attached hydrogen (secondary N) is 1. The van der Waals surface area contributed by atoms with Gasteiger partial charge in [0.05, 0.1) is 34.2 Å². The van der Waals surface area contributed by atoms with Crippen molar-refractivity contribution in [2.24, 2.45) is 5.10 Å². The Balaban J connectivity index is 1.34. The van der Waals surface area contributed by atoms with Crippen molar-refractivity contribution in [3.8, 4) is 23.0 Å².